The minimum Gasteiger partial charge on any atom is -0.495 e. The van der Waals surface area contributed by atoms with Crippen LogP contribution in [0.4, 0.5) is 5.69 Å². The molecule has 1 saturated heterocycles. The summed E-state index contributed by atoms with van der Waals surface area (Å²) >= 11 is 0. The number of β-amino-alcohol motifs (C(OH)–C–C–N with tert-alkyl or cyclic N) is 1. The number of benzene rings is 3. The molecule has 0 aliphatic carbocycles. The fraction of sp³-hybridized carbons (Fsp3) is 0.276. The van der Waals surface area contributed by atoms with E-state index in [2.05, 4.69) is 15.9 Å². The Bertz CT molecular complexity index is 1370. The average molecular weight is 471 g/mol. The first-order valence-electron chi connectivity index (χ1n) is 12.0. The van der Waals surface area contributed by atoms with Crippen molar-refractivity contribution in [3.63, 3.8) is 0 Å². The topological polar surface area (TPSA) is 66.2 Å². The lowest BCUT2D eigenvalue weighted by Gasteiger charge is -2.37. The van der Waals surface area contributed by atoms with Gasteiger partial charge >= 0.3 is 0 Å². The molecule has 1 aromatic heterocycles. The zero-order valence-electron chi connectivity index (χ0n) is 20.1. The average Bonchev–Trinajstić information content (AvgIpc) is 2.91. The Morgan fingerprint density at radius 1 is 0.943 bits per heavy atom. The molecule has 0 saturated carbocycles. The molecule has 4 aromatic rings. The van der Waals surface area contributed by atoms with Gasteiger partial charge in [-0.15, -0.1) is 0 Å². The van der Waals surface area contributed by atoms with Gasteiger partial charge in [-0.1, -0.05) is 54.6 Å². The number of aliphatic hydroxyl groups excluding tert-OH is 1. The number of para-hydroxylation sites is 3. The molecule has 0 amide bonds. The van der Waals surface area contributed by atoms with Gasteiger partial charge < -0.3 is 19.2 Å². The van der Waals surface area contributed by atoms with Crippen molar-refractivity contribution in [1.82, 2.24) is 4.90 Å². The van der Waals surface area contributed by atoms with Crippen LogP contribution in [-0.2, 0) is 0 Å². The standard InChI is InChI=1S/C29H30N2O4/c1-20-27(33)23-12-8-11-22(29(23)35-28(20)21-9-4-3-5-10-21)25(32)19-30-15-17-31(18-16-30)24-13-6-7-14-26(24)34-2/h3-14,25,32H,15-19H2,1-2H3. The smallest absolute Gasteiger partial charge is 0.196 e. The predicted molar refractivity (Wildman–Crippen MR) is 139 cm³/mol. The van der Waals surface area contributed by atoms with Crippen molar-refractivity contribution in [3.05, 3.63) is 94.1 Å². The van der Waals surface area contributed by atoms with Crippen LogP contribution in [0.3, 0.4) is 0 Å². The summed E-state index contributed by atoms with van der Waals surface area (Å²) in [4.78, 5) is 17.7. The highest BCUT2D eigenvalue weighted by molar-refractivity contribution is 5.83. The summed E-state index contributed by atoms with van der Waals surface area (Å²) in [5.74, 6) is 1.42. The molecular formula is C29H30N2O4. The number of hydrogen-bond donors (Lipinski definition) is 1. The van der Waals surface area contributed by atoms with Crippen molar-refractivity contribution in [2.45, 2.75) is 13.0 Å². The fourth-order valence-corrected chi connectivity index (χ4v) is 4.86. The van der Waals surface area contributed by atoms with Crippen LogP contribution in [0.1, 0.15) is 17.2 Å². The highest BCUT2D eigenvalue weighted by Crippen LogP contribution is 2.31. The number of piperazine rings is 1. The van der Waals surface area contributed by atoms with Crippen LogP contribution >= 0.6 is 0 Å². The SMILES string of the molecule is COc1ccccc1N1CCN(CC(O)c2cccc3c(=O)c(C)c(-c4ccccc4)oc23)CC1. The molecule has 0 bridgehead atoms. The zero-order valence-corrected chi connectivity index (χ0v) is 20.1. The van der Waals surface area contributed by atoms with E-state index < -0.39 is 6.10 Å². The van der Waals surface area contributed by atoms with Crippen LogP contribution in [0.5, 0.6) is 5.75 Å². The van der Waals surface area contributed by atoms with Crippen LogP contribution in [-0.4, -0.2) is 49.8 Å². The molecule has 1 unspecified atom stereocenters. The van der Waals surface area contributed by atoms with Crippen LogP contribution in [0.15, 0.2) is 82.0 Å². The monoisotopic (exact) mass is 470 g/mol. The van der Waals surface area contributed by atoms with E-state index in [9.17, 15) is 9.90 Å². The van der Waals surface area contributed by atoms with Crippen LogP contribution in [0.2, 0.25) is 0 Å². The van der Waals surface area contributed by atoms with E-state index in [4.69, 9.17) is 9.15 Å². The van der Waals surface area contributed by atoms with Gasteiger partial charge in [-0.2, -0.15) is 0 Å². The maximum atomic E-state index is 13.1. The quantitative estimate of drug-likeness (QED) is 0.443. The van der Waals surface area contributed by atoms with Crippen molar-refractivity contribution in [3.8, 4) is 17.1 Å². The highest BCUT2D eigenvalue weighted by atomic mass is 16.5. The lowest BCUT2D eigenvalue weighted by Crippen LogP contribution is -2.47. The van der Waals surface area contributed by atoms with Crippen LogP contribution in [0.25, 0.3) is 22.3 Å². The van der Waals surface area contributed by atoms with Gasteiger partial charge in [0.15, 0.2) is 5.43 Å². The second-order valence-electron chi connectivity index (χ2n) is 8.95. The van der Waals surface area contributed by atoms with Crippen molar-refractivity contribution in [1.29, 1.82) is 0 Å². The summed E-state index contributed by atoms with van der Waals surface area (Å²) in [7, 11) is 1.69. The lowest BCUT2D eigenvalue weighted by atomic mass is 10.0. The van der Waals surface area contributed by atoms with Gasteiger partial charge in [-0.05, 0) is 25.1 Å². The van der Waals surface area contributed by atoms with Gasteiger partial charge in [0.05, 0.1) is 24.3 Å². The van der Waals surface area contributed by atoms with Gasteiger partial charge in [-0.25, -0.2) is 0 Å². The number of methoxy groups -OCH3 is 1. The molecule has 6 nitrogen and oxygen atoms in total. The molecule has 6 heteroatoms. The molecule has 5 rings (SSSR count). The van der Waals surface area contributed by atoms with Crippen molar-refractivity contribution >= 4 is 16.7 Å². The third-order valence-corrected chi connectivity index (χ3v) is 6.80. The Balaban J connectivity index is 1.37. The van der Waals surface area contributed by atoms with E-state index in [0.29, 0.717) is 34.4 Å². The van der Waals surface area contributed by atoms with Crippen molar-refractivity contribution in [2.75, 3.05) is 44.7 Å². The summed E-state index contributed by atoms with van der Waals surface area (Å²) in [6.07, 6.45) is -0.772. The molecule has 1 fully saturated rings. The summed E-state index contributed by atoms with van der Waals surface area (Å²) in [6.45, 7) is 5.58. The van der Waals surface area contributed by atoms with E-state index in [0.717, 1.165) is 43.2 Å². The number of anilines is 1. The molecule has 0 spiro atoms. The number of aliphatic hydroxyl groups is 1. The van der Waals surface area contributed by atoms with Gasteiger partial charge in [0.1, 0.15) is 17.1 Å². The molecule has 0 radical (unpaired) electrons. The van der Waals surface area contributed by atoms with Gasteiger partial charge in [0, 0.05) is 49.4 Å². The second kappa shape index (κ2) is 9.94. The lowest BCUT2D eigenvalue weighted by molar-refractivity contribution is 0.110. The normalized spacial score (nSPS) is 15.3. The largest absolute Gasteiger partial charge is 0.495 e. The number of rotatable bonds is 6. The maximum absolute atomic E-state index is 13.1. The highest BCUT2D eigenvalue weighted by Gasteiger charge is 2.24. The van der Waals surface area contributed by atoms with Gasteiger partial charge in [-0.3, -0.25) is 9.69 Å². The maximum Gasteiger partial charge on any atom is 0.196 e. The Morgan fingerprint density at radius 3 is 2.40 bits per heavy atom. The molecule has 3 aromatic carbocycles. The molecule has 180 valence electrons. The van der Waals surface area contributed by atoms with Crippen molar-refractivity contribution < 1.29 is 14.3 Å². The number of nitrogens with zero attached hydrogens (tertiary/aromatic N) is 2. The molecule has 1 atom stereocenters. The first kappa shape index (κ1) is 23.1. The Morgan fingerprint density at radius 2 is 1.66 bits per heavy atom. The third kappa shape index (κ3) is 4.55. The predicted octanol–water partition coefficient (Wildman–Crippen LogP) is 4.63. The molecular weight excluding hydrogens is 440 g/mol. The second-order valence-corrected chi connectivity index (χ2v) is 8.95. The Labute approximate surface area is 205 Å². The third-order valence-electron chi connectivity index (χ3n) is 6.80. The molecule has 1 N–H and O–H groups in total. The summed E-state index contributed by atoms with van der Waals surface area (Å²) < 4.78 is 11.8. The molecule has 2 heterocycles. The minimum absolute atomic E-state index is 0.0652. The summed E-state index contributed by atoms with van der Waals surface area (Å²) in [6, 6.07) is 23.1. The Kier molecular flexibility index (Phi) is 6.57. The first-order valence-corrected chi connectivity index (χ1v) is 12.0. The molecule has 35 heavy (non-hydrogen) atoms. The minimum atomic E-state index is -0.772. The number of ether oxygens (including phenoxy) is 1. The van der Waals surface area contributed by atoms with Gasteiger partial charge in [0.2, 0.25) is 0 Å². The molecule has 1 aliphatic rings. The molecule has 1 aliphatic heterocycles. The van der Waals surface area contributed by atoms with Crippen molar-refractivity contribution in [2.24, 2.45) is 0 Å². The van der Waals surface area contributed by atoms with E-state index in [1.54, 1.807) is 20.1 Å². The van der Waals surface area contributed by atoms with Gasteiger partial charge in [0.25, 0.3) is 0 Å². The van der Waals surface area contributed by atoms with Crippen LogP contribution < -0.4 is 15.1 Å². The Hall–Kier alpha value is -3.61. The number of fused-ring (bicyclic) bond motifs is 1. The summed E-state index contributed by atoms with van der Waals surface area (Å²) in [5.41, 5.74) is 3.55. The zero-order chi connectivity index (χ0) is 24.4. The van der Waals surface area contributed by atoms with Crippen LogP contribution in [0, 0.1) is 6.92 Å². The van der Waals surface area contributed by atoms with E-state index in [1.165, 1.54) is 0 Å². The number of hydrogen-bond acceptors (Lipinski definition) is 6. The van der Waals surface area contributed by atoms with E-state index in [-0.39, 0.29) is 5.43 Å². The van der Waals surface area contributed by atoms with E-state index >= 15 is 0 Å². The first-order chi connectivity index (χ1) is 17.1. The van der Waals surface area contributed by atoms with E-state index in [1.807, 2.05) is 60.7 Å². The summed E-state index contributed by atoms with van der Waals surface area (Å²) in [5, 5.41) is 11.7. The fourth-order valence-electron chi connectivity index (χ4n) is 4.86.